The van der Waals surface area contributed by atoms with Crippen LogP contribution in [0.5, 0.6) is 0 Å². The summed E-state index contributed by atoms with van der Waals surface area (Å²) < 4.78 is 28.2. The van der Waals surface area contributed by atoms with E-state index < -0.39 is 10.0 Å². The van der Waals surface area contributed by atoms with Gasteiger partial charge in [0.05, 0.1) is 10.6 Å². The van der Waals surface area contributed by atoms with Crippen molar-refractivity contribution >= 4 is 50.6 Å². The number of sulfonamides is 1. The van der Waals surface area contributed by atoms with Gasteiger partial charge in [0, 0.05) is 29.7 Å². The molecular formula is C16H18N4O3S3. The molecule has 2 heterocycles. The standard InChI is InChI=1S/C16H18N4O3S3/c1-11-9-24-16(18-11)25-10-15(21)19-12-4-2-5-13(8-12)26(22,23)20-14-6-3-7-17-14/h2,4-5,8-9H,3,6-7,10H2,1H3,(H,17,20)(H,19,21). The summed E-state index contributed by atoms with van der Waals surface area (Å²) in [5.74, 6) is 0.471. The number of hydrogen-bond donors (Lipinski definition) is 2. The third kappa shape index (κ3) is 5.05. The molecule has 1 aromatic heterocycles. The van der Waals surface area contributed by atoms with E-state index in [-0.39, 0.29) is 16.6 Å². The Morgan fingerprint density at radius 2 is 2.23 bits per heavy atom. The molecule has 10 heteroatoms. The minimum Gasteiger partial charge on any atom is -0.325 e. The topological polar surface area (TPSA) is 101 Å². The summed E-state index contributed by atoms with van der Waals surface area (Å²) in [5.41, 5.74) is 1.36. The van der Waals surface area contributed by atoms with Crippen molar-refractivity contribution in [3.8, 4) is 0 Å². The molecule has 1 aromatic carbocycles. The monoisotopic (exact) mass is 410 g/mol. The molecular weight excluding hydrogens is 392 g/mol. The second kappa shape index (κ2) is 8.19. The van der Waals surface area contributed by atoms with Crippen molar-refractivity contribution in [2.24, 2.45) is 4.99 Å². The summed E-state index contributed by atoms with van der Waals surface area (Å²) in [6.45, 7) is 2.54. The number of aryl methyl sites for hydroxylation is 1. The first-order valence-electron chi connectivity index (χ1n) is 7.93. The predicted molar refractivity (Wildman–Crippen MR) is 105 cm³/mol. The first-order valence-corrected chi connectivity index (χ1v) is 11.3. The Morgan fingerprint density at radius 3 is 2.92 bits per heavy atom. The zero-order valence-corrected chi connectivity index (χ0v) is 16.5. The third-order valence-electron chi connectivity index (χ3n) is 3.48. The summed E-state index contributed by atoms with van der Waals surface area (Å²) >= 11 is 2.84. The summed E-state index contributed by atoms with van der Waals surface area (Å²) in [6, 6.07) is 6.18. The van der Waals surface area contributed by atoms with Crippen LogP contribution in [-0.2, 0) is 14.8 Å². The molecule has 0 radical (unpaired) electrons. The number of anilines is 1. The lowest BCUT2D eigenvalue weighted by molar-refractivity contribution is -0.113. The van der Waals surface area contributed by atoms with Crippen LogP contribution in [-0.4, -0.2) is 37.4 Å². The molecule has 138 valence electrons. The largest absolute Gasteiger partial charge is 0.325 e. The van der Waals surface area contributed by atoms with Crippen LogP contribution in [0.3, 0.4) is 0 Å². The van der Waals surface area contributed by atoms with Crippen molar-refractivity contribution in [3.63, 3.8) is 0 Å². The van der Waals surface area contributed by atoms with Gasteiger partial charge in [-0.25, -0.2) is 13.4 Å². The number of amides is 1. The fourth-order valence-electron chi connectivity index (χ4n) is 2.30. The van der Waals surface area contributed by atoms with Crippen molar-refractivity contribution < 1.29 is 13.2 Å². The van der Waals surface area contributed by atoms with Crippen molar-refractivity contribution in [3.05, 3.63) is 35.3 Å². The average Bonchev–Trinajstić information content (AvgIpc) is 3.24. The molecule has 0 saturated heterocycles. The number of hydrogen-bond acceptors (Lipinski definition) is 7. The highest BCUT2D eigenvalue weighted by molar-refractivity contribution is 8.01. The zero-order valence-electron chi connectivity index (χ0n) is 14.1. The van der Waals surface area contributed by atoms with Crippen LogP contribution in [0, 0.1) is 6.92 Å². The maximum Gasteiger partial charge on any atom is 0.262 e. The summed E-state index contributed by atoms with van der Waals surface area (Å²) in [6.07, 6.45) is 1.48. The number of rotatable bonds is 6. The molecule has 7 nitrogen and oxygen atoms in total. The van der Waals surface area contributed by atoms with Crippen LogP contribution >= 0.6 is 23.1 Å². The first-order chi connectivity index (χ1) is 12.4. The molecule has 1 aliphatic heterocycles. The van der Waals surface area contributed by atoms with Crippen molar-refractivity contribution in [1.82, 2.24) is 9.71 Å². The lowest BCUT2D eigenvalue weighted by Gasteiger charge is -2.10. The molecule has 2 N–H and O–H groups in total. The Hall–Kier alpha value is -1.91. The molecule has 0 saturated carbocycles. The summed E-state index contributed by atoms with van der Waals surface area (Å²) in [5, 5.41) is 4.65. The number of nitrogens with zero attached hydrogens (tertiary/aromatic N) is 2. The van der Waals surface area contributed by atoms with Gasteiger partial charge in [-0.2, -0.15) is 0 Å². The number of benzene rings is 1. The Balaban J connectivity index is 1.62. The highest BCUT2D eigenvalue weighted by Gasteiger charge is 2.18. The highest BCUT2D eigenvalue weighted by atomic mass is 32.2. The second-order valence-corrected chi connectivity index (χ2v) is 9.42. The Bertz CT molecular complexity index is 938. The van der Waals surface area contributed by atoms with Gasteiger partial charge >= 0.3 is 0 Å². The molecule has 2 aromatic rings. The molecule has 0 unspecified atom stereocenters. The van der Waals surface area contributed by atoms with Crippen LogP contribution in [0.2, 0.25) is 0 Å². The van der Waals surface area contributed by atoms with E-state index in [0.717, 1.165) is 16.5 Å². The number of aromatic nitrogens is 1. The number of thiazole rings is 1. The second-order valence-electron chi connectivity index (χ2n) is 5.66. The average molecular weight is 411 g/mol. The molecule has 3 rings (SSSR count). The molecule has 1 amide bonds. The molecule has 0 spiro atoms. The van der Waals surface area contributed by atoms with E-state index in [9.17, 15) is 13.2 Å². The summed E-state index contributed by atoms with van der Waals surface area (Å²) in [7, 11) is -3.70. The lowest BCUT2D eigenvalue weighted by atomic mass is 10.3. The van der Waals surface area contributed by atoms with E-state index in [0.29, 0.717) is 24.5 Å². The van der Waals surface area contributed by atoms with Gasteiger partial charge in [-0.3, -0.25) is 14.5 Å². The molecule has 0 atom stereocenters. The van der Waals surface area contributed by atoms with Gasteiger partial charge in [-0.15, -0.1) is 11.3 Å². The van der Waals surface area contributed by atoms with E-state index in [1.54, 1.807) is 12.1 Å². The molecule has 0 bridgehead atoms. The highest BCUT2D eigenvalue weighted by Crippen LogP contribution is 2.23. The van der Waals surface area contributed by atoms with Gasteiger partial charge in [0.25, 0.3) is 10.0 Å². The molecule has 1 aliphatic rings. The van der Waals surface area contributed by atoms with Crippen LogP contribution < -0.4 is 10.0 Å². The van der Waals surface area contributed by atoms with Crippen LogP contribution in [0.25, 0.3) is 0 Å². The third-order valence-corrected chi connectivity index (χ3v) is 7.00. The van der Waals surface area contributed by atoms with Gasteiger partial charge in [0.2, 0.25) is 5.91 Å². The first kappa shape index (κ1) is 18.9. The maximum absolute atomic E-state index is 12.4. The van der Waals surface area contributed by atoms with E-state index in [1.165, 1.54) is 35.2 Å². The van der Waals surface area contributed by atoms with Crippen molar-refractivity contribution in [1.29, 1.82) is 0 Å². The molecule has 0 fully saturated rings. The zero-order chi connectivity index (χ0) is 18.6. The number of nitrogens with one attached hydrogen (secondary N) is 2. The van der Waals surface area contributed by atoms with Crippen molar-refractivity contribution in [2.45, 2.75) is 29.0 Å². The number of amidine groups is 1. The SMILES string of the molecule is Cc1csc(SCC(=O)Nc2cccc(S(=O)(=O)NC3=NCCC3)c2)n1. The van der Waals surface area contributed by atoms with E-state index in [1.807, 2.05) is 12.3 Å². The Labute approximate surface area is 160 Å². The van der Waals surface area contributed by atoms with Gasteiger partial charge in [0.15, 0.2) is 4.34 Å². The lowest BCUT2D eigenvalue weighted by Crippen LogP contribution is -2.29. The van der Waals surface area contributed by atoms with E-state index in [4.69, 9.17) is 0 Å². The van der Waals surface area contributed by atoms with Gasteiger partial charge in [0.1, 0.15) is 5.84 Å². The smallest absolute Gasteiger partial charge is 0.262 e. The van der Waals surface area contributed by atoms with Crippen LogP contribution in [0.4, 0.5) is 5.69 Å². The van der Waals surface area contributed by atoms with Gasteiger partial charge < -0.3 is 5.32 Å². The van der Waals surface area contributed by atoms with Gasteiger partial charge in [-0.05, 0) is 31.5 Å². The minimum absolute atomic E-state index is 0.0908. The van der Waals surface area contributed by atoms with E-state index >= 15 is 0 Å². The molecule has 26 heavy (non-hydrogen) atoms. The fraction of sp³-hybridized carbons (Fsp3) is 0.312. The minimum atomic E-state index is -3.70. The quantitative estimate of drug-likeness (QED) is 0.713. The van der Waals surface area contributed by atoms with Crippen LogP contribution in [0.15, 0.2) is 43.9 Å². The number of carbonyl (C=O) groups is 1. The number of aliphatic imine (C=N–C) groups is 1. The molecule has 0 aliphatic carbocycles. The number of carbonyl (C=O) groups excluding carboxylic acids is 1. The Morgan fingerprint density at radius 1 is 1.38 bits per heavy atom. The van der Waals surface area contributed by atoms with Crippen molar-refractivity contribution in [2.75, 3.05) is 17.6 Å². The normalized spacial score (nSPS) is 14.1. The fourth-order valence-corrected chi connectivity index (χ4v) is 5.08. The number of thioether (sulfide) groups is 1. The van der Waals surface area contributed by atoms with Crippen LogP contribution in [0.1, 0.15) is 18.5 Å². The predicted octanol–water partition coefficient (Wildman–Crippen LogP) is 2.65. The Kier molecular flexibility index (Phi) is 5.94. The van der Waals surface area contributed by atoms with Gasteiger partial charge in [-0.1, -0.05) is 17.8 Å². The summed E-state index contributed by atoms with van der Waals surface area (Å²) in [4.78, 5) is 20.6. The van der Waals surface area contributed by atoms with E-state index in [2.05, 4.69) is 20.0 Å². The maximum atomic E-state index is 12.4.